The molecule has 0 N–H and O–H groups in total. The van der Waals surface area contributed by atoms with Crippen LogP contribution in [0.3, 0.4) is 0 Å². The average molecular weight is 364 g/mol. The van der Waals surface area contributed by atoms with E-state index in [4.69, 9.17) is 20.8 Å². The molecule has 0 unspecified atom stereocenters. The number of rotatable bonds is 5. The summed E-state index contributed by atoms with van der Waals surface area (Å²) >= 11 is 6.87. The molecule has 1 fully saturated rings. The van der Waals surface area contributed by atoms with Crippen molar-refractivity contribution in [2.24, 2.45) is 0 Å². The molecule has 124 valence electrons. The number of hydrogen-bond acceptors (Lipinski definition) is 5. The fraction of sp³-hybridized carbons (Fsp3) is 0.176. The minimum Gasteiger partial charge on any atom is -0.457 e. The highest BCUT2D eigenvalue weighted by atomic mass is 35.5. The quantitative estimate of drug-likeness (QED) is 0.742. The number of carbonyl (C=O) groups is 2. The van der Waals surface area contributed by atoms with E-state index >= 15 is 0 Å². The second-order valence-corrected chi connectivity index (χ2v) is 6.47. The number of hydrogen-bond donors (Lipinski definition) is 0. The smallest absolute Gasteiger partial charge is 0.293 e. The van der Waals surface area contributed by atoms with Gasteiger partial charge >= 0.3 is 0 Å². The summed E-state index contributed by atoms with van der Waals surface area (Å²) in [4.78, 5) is 25.6. The Kier molecular flexibility index (Phi) is 5.08. The van der Waals surface area contributed by atoms with Crippen molar-refractivity contribution in [2.45, 2.75) is 0 Å². The summed E-state index contributed by atoms with van der Waals surface area (Å²) in [6, 6.07) is 10.8. The van der Waals surface area contributed by atoms with Crippen LogP contribution in [-0.4, -0.2) is 36.3 Å². The van der Waals surface area contributed by atoms with Crippen LogP contribution in [0.1, 0.15) is 5.76 Å². The molecule has 1 saturated heterocycles. The first-order chi connectivity index (χ1) is 11.6. The number of nitrogens with zero attached hydrogens (tertiary/aromatic N) is 1. The Morgan fingerprint density at radius 2 is 2.12 bits per heavy atom. The Balaban J connectivity index is 1.80. The van der Waals surface area contributed by atoms with Crippen molar-refractivity contribution >= 4 is 40.6 Å². The van der Waals surface area contributed by atoms with E-state index in [2.05, 4.69) is 0 Å². The van der Waals surface area contributed by atoms with E-state index < -0.39 is 0 Å². The maximum absolute atomic E-state index is 12.2. The number of imide groups is 1. The molecule has 2 aromatic rings. The fourth-order valence-corrected chi connectivity index (χ4v) is 3.27. The third-order valence-electron chi connectivity index (χ3n) is 3.40. The SMILES string of the molecule is COCCN1C(=O)S/C(=C/c2ccc(-c3cccc(Cl)c3)o2)C1=O. The molecule has 1 aliphatic heterocycles. The van der Waals surface area contributed by atoms with Gasteiger partial charge in [-0.25, -0.2) is 0 Å². The van der Waals surface area contributed by atoms with Crippen molar-refractivity contribution in [3.05, 3.63) is 52.1 Å². The lowest BCUT2D eigenvalue weighted by molar-refractivity contribution is -0.123. The zero-order valence-electron chi connectivity index (χ0n) is 12.8. The van der Waals surface area contributed by atoms with E-state index in [1.165, 1.54) is 12.0 Å². The first-order valence-electron chi connectivity index (χ1n) is 7.18. The maximum Gasteiger partial charge on any atom is 0.293 e. The number of halogens is 1. The Labute approximate surface area is 148 Å². The molecule has 5 nitrogen and oxygen atoms in total. The van der Waals surface area contributed by atoms with Crippen LogP contribution in [0.4, 0.5) is 4.79 Å². The summed E-state index contributed by atoms with van der Waals surface area (Å²) in [6.07, 6.45) is 1.58. The molecule has 0 aliphatic carbocycles. The van der Waals surface area contributed by atoms with E-state index in [9.17, 15) is 9.59 Å². The third-order valence-corrected chi connectivity index (χ3v) is 4.54. The van der Waals surface area contributed by atoms with Gasteiger partial charge in [0.05, 0.1) is 18.1 Å². The molecule has 0 spiro atoms. The molecule has 0 atom stereocenters. The van der Waals surface area contributed by atoms with Crippen LogP contribution in [0.5, 0.6) is 0 Å². The third kappa shape index (κ3) is 3.56. The normalized spacial score (nSPS) is 16.4. The number of ether oxygens (including phenoxy) is 1. The second kappa shape index (κ2) is 7.25. The highest BCUT2D eigenvalue weighted by molar-refractivity contribution is 8.18. The minimum absolute atomic E-state index is 0.241. The highest BCUT2D eigenvalue weighted by Crippen LogP contribution is 2.33. The van der Waals surface area contributed by atoms with E-state index in [1.54, 1.807) is 30.3 Å². The molecule has 24 heavy (non-hydrogen) atoms. The van der Waals surface area contributed by atoms with Gasteiger partial charge < -0.3 is 9.15 Å². The van der Waals surface area contributed by atoms with E-state index in [1.807, 2.05) is 12.1 Å². The number of benzene rings is 1. The van der Waals surface area contributed by atoms with Gasteiger partial charge in [-0.1, -0.05) is 23.7 Å². The van der Waals surface area contributed by atoms with Gasteiger partial charge in [-0.05, 0) is 36.0 Å². The molecule has 2 amide bonds. The summed E-state index contributed by atoms with van der Waals surface area (Å²) in [6.45, 7) is 0.551. The van der Waals surface area contributed by atoms with Gasteiger partial charge in [0.15, 0.2) is 0 Å². The average Bonchev–Trinajstić information content (AvgIpc) is 3.12. The van der Waals surface area contributed by atoms with Crippen molar-refractivity contribution in [3.63, 3.8) is 0 Å². The monoisotopic (exact) mass is 363 g/mol. The van der Waals surface area contributed by atoms with E-state index in [0.29, 0.717) is 28.1 Å². The molecule has 0 radical (unpaired) electrons. The number of furan rings is 1. The van der Waals surface area contributed by atoms with Crippen LogP contribution in [0.25, 0.3) is 17.4 Å². The molecule has 1 aromatic heterocycles. The van der Waals surface area contributed by atoms with Gasteiger partial charge in [0.2, 0.25) is 0 Å². The van der Waals surface area contributed by atoms with Gasteiger partial charge in [0.25, 0.3) is 11.1 Å². The first kappa shape index (κ1) is 16.8. The number of methoxy groups -OCH3 is 1. The van der Waals surface area contributed by atoms with Crippen LogP contribution < -0.4 is 0 Å². The summed E-state index contributed by atoms with van der Waals surface area (Å²) in [5.41, 5.74) is 0.843. The number of amides is 2. The summed E-state index contributed by atoms with van der Waals surface area (Å²) in [5.74, 6) is 0.812. The maximum atomic E-state index is 12.2. The van der Waals surface area contributed by atoms with Crippen molar-refractivity contribution < 1.29 is 18.7 Å². The predicted molar refractivity (Wildman–Crippen MR) is 93.7 cm³/mol. The van der Waals surface area contributed by atoms with Crippen LogP contribution >= 0.6 is 23.4 Å². The lowest BCUT2D eigenvalue weighted by Crippen LogP contribution is -2.31. The molecule has 1 aliphatic rings. The molecule has 7 heteroatoms. The molecular weight excluding hydrogens is 350 g/mol. The first-order valence-corrected chi connectivity index (χ1v) is 8.38. The van der Waals surface area contributed by atoms with Gasteiger partial charge in [0.1, 0.15) is 11.5 Å². The number of thioether (sulfide) groups is 1. The number of carbonyl (C=O) groups excluding carboxylic acids is 2. The zero-order valence-corrected chi connectivity index (χ0v) is 14.4. The largest absolute Gasteiger partial charge is 0.457 e. The van der Waals surface area contributed by atoms with E-state index in [-0.39, 0.29) is 17.7 Å². The van der Waals surface area contributed by atoms with Crippen LogP contribution in [-0.2, 0) is 9.53 Å². The summed E-state index contributed by atoms with van der Waals surface area (Å²) in [7, 11) is 1.52. The van der Waals surface area contributed by atoms with Crippen LogP contribution in [0.15, 0.2) is 45.7 Å². The van der Waals surface area contributed by atoms with Crippen molar-refractivity contribution in [1.29, 1.82) is 0 Å². The summed E-state index contributed by atoms with van der Waals surface area (Å²) < 4.78 is 10.6. The molecule has 0 saturated carbocycles. The topological polar surface area (TPSA) is 59.8 Å². The lowest BCUT2D eigenvalue weighted by atomic mass is 10.2. The Morgan fingerprint density at radius 1 is 1.29 bits per heavy atom. The van der Waals surface area contributed by atoms with Crippen LogP contribution in [0.2, 0.25) is 5.02 Å². The van der Waals surface area contributed by atoms with Gasteiger partial charge in [-0.15, -0.1) is 0 Å². The molecule has 3 rings (SSSR count). The molecule has 2 heterocycles. The standard InChI is InChI=1S/C17H14ClNO4S/c1-22-8-7-19-16(20)15(24-17(19)21)10-13-5-6-14(23-13)11-3-2-4-12(18)9-11/h2-6,9-10H,7-8H2,1H3/b15-10+. The highest BCUT2D eigenvalue weighted by Gasteiger charge is 2.34. The fourth-order valence-electron chi connectivity index (χ4n) is 2.23. The Hall–Kier alpha value is -2.02. The zero-order chi connectivity index (χ0) is 17.1. The molecule has 1 aromatic carbocycles. The van der Waals surface area contributed by atoms with Gasteiger partial charge in [-0.2, -0.15) is 0 Å². The van der Waals surface area contributed by atoms with Gasteiger partial charge in [-0.3, -0.25) is 14.5 Å². The van der Waals surface area contributed by atoms with Crippen molar-refractivity contribution in [1.82, 2.24) is 4.90 Å². The lowest BCUT2D eigenvalue weighted by Gasteiger charge is -2.10. The van der Waals surface area contributed by atoms with Crippen molar-refractivity contribution in [2.75, 3.05) is 20.3 Å². The van der Waals surface area contributed by atoms with E-state index in [0.717, 1.165) is 17.3 Å². The second-order valence-electron chi connectivity index (χ2n) is 5.04. The Bertz CT molecular complexity index is 814. The Morgan fingerprint density at radius 3 is 2.88 bits per heavy atom. The molecule has 0 bridgehead atoms. The molecular formula is C17H14ClNO4S. The predicted octanol–water partition coefficient (Wildman–Crippen LogP) is 4.28. The van der Waals surface area contributed by atoms with Crippen LogP contribution in [0, 0.1) is 0 Å². The summed E-state index contributed by atoms with van der Waals surface area (Å²) in [5, 5.41) is 0.314. The minimum atomic E-state index is -0.331. The van der Waals surface area contributed by atoms with Crippen molar-refractivity contribution in [3.8, 4) is 11.3 Å². The van der Waals surface area contributed by atoms with Gasteiger partial charge in [0, 0.05) is 23.8 Å².